The maximum absolute atomic E-state index is 15.8. The van der Waals surface area contributed by atoms with Crippen molar-refractivity contribution in [2.75, 3.05) is 4.90 Å². The average Bonchev–Trinajstić information content (AvgIpc) is 3.39. The van der Waals surface area contributed by atoms with Crippen molar-refractivity contribution in [2.45, 2.75) is 24.9 Å². The van der Waals surface area contributed by atoms with E-state index in [-0.39, 0.29) is 11.3 Å². The molecule has 2 aliphatic heterocycles. The molecule has 0 N–H and O–H groups in total. The molecule has 0 radical (unpaired) electrons. The number of ketones is 3. The van der Waals surface area contributed by atoms with Crippen LogP contribution in [0.25, 0.3) is 6.08 Å². The lowest BCUT2D eigenvalue weighted by Crippen LogP contribution is -2.48. The zero-order valence-electron chi connectivity index (χ0n) is 21.5. The van der Waals surface area contributed by atoms with E-state index in [0.717, 1.165) is 11.1 Å². The molecule has 2 heterocycles. The number of anilines is 1. The van der Waals surface area contributed by atoms with Crippen LogP contribution >= 0.6 is 11.6 Å². The second-order valence-electron chi connectivity index (χ2n) is 10.7. The van der Waals surface area contributed by atoms with Crippen LogP contribution in [-0.4, -0.2) is 29.4 Å². The van der Waals surface area contributed by atoms with Crippen molar-refractivity contribution in [2.24, 2.45) is 5.41 Å². The molecule has 1 aliphatic carbocycles. The largest absolute Gasteiger partial charge is 0.352 e. The van der Waals surface area contributed by atoms with Crippen LogP contribution in [0, 0.1) is 18.2 Å². The lowest BCUT2D eigenvalue weighted by atomic mass is 9.64. The predicted octanol–water partition coefficient (Wildman–Crippen LogP) is 7.10. The summed E-state index contributed by atoms with van der Waals surface area (Å²) >= 11 is 6.33. The summed E-state index contributed by atoms with van der Waals surface area (Å²) in [5, 5.41) is 0.517. The summed E-state index contributed by atoms with van der Waals surface area (Å²) in [5.74, 6) is -2.73. The Balaban J connectivity index is 1.56. The lowest BCUT2D eigenvalue weighted by Gasteiger charge is -2.37. The molecule has 3 aliphatic rings. The van der Waals surface area contributed by atoms with Gasteiger partial charge in [-0.3, -0.25) is 14.4 Å². The Morgan fingerprint density at radius 2 is 1.52 bits per heavy atom. The highest BCUT2D eigenvalue weighted by molar-refractivity contribution is 6.32. The first-order valence-electron chi connectivity index (χ1n) is 13.1. The van der Waals surface area contributed by atoms with E-state index in [0.29, 0.717) is 27.4 Å². The standard InChI is InChI=1S/C34H23ClFNO3/c1-19-10-12-20(13-11-19)31(38)30-29(25-8-4-5-9-26(25)36)34(32(39)23-6-2-3-7-24(23)33(34)40)28-17-14-21-18-22(35)15-16-27(21)37(28)30/h2-18,28-30H,1H3/t28-,29+,30-/m0/s1. The van der Waals surface area contributed by atoms with Crippen molar-refractivity contribution in [3.05, 3.63) is 141 Å². The van der Waals surface area contributed by atoms with E-state index in [4.69, 9.17) is 11.6 Å². The molecule has 7 rings (SSSR count). The molecule has 0 aromatic heterocycles. The first-order valence-corrected chi connectivity index (χ1v) is 13.5. The molecule has 3 atom stereocenters. The van der Waals surface area contributed by atoms with Crippen LogP contribution in [0.3, 0.4) is 0 Å². The number of carbonyl (C=O) groups is 3. The summed E-state index contributed by atoms with van der Waals surface area (Å²) in [6.45, 7) is 1.93. The molecule has 0 amide bonds. The van der Waals surface area contributed by atoms with Gasteiger partial charge in [0.15, 0.2) is 17.3 Å². The molecular weight excluding hydrogens is 525 g/mol. The van der Waals surface area contributed by atoms with Crippen LogP contribution in [0.1, 0.15) is 53.7 Å². The minimum atomic E-state index is -1.75. The second-order valence-corrected chi connectivity index (χ2v) is 11.1. The summed E-state index contributed by atoms with van der Waals surface area (Å²) in [5.41, 5.74) is 1.85. The van der Waals surface area contributed by atoms with E-state index >= 15 is 4.39 Å². The number of benzene rings is 4. The van der Waals surface area contributed by atoms with Gasteiger partial charge in [-0.25, -0.2) is 4.39 Å². The quantitative estimate of drug-likeness (QED) is 0.203. The number of aryl methyl sites for hydroxylation is 1. The molecule has 1 saturated heterocycles. The van der Waals surface area contributed by atoms with E-state index < -0.39 is 40.8 Å². The number of fused-ring (bicyclic) bond motifs is 5. The highest BCUT2D eigenvalue weighted by Crippen LogP contribution is 2.61. The fourth-order valence-electron chi connectivity index (χ4n) is 6.91. The fourth-order valence-corrected chi connectivity index (χ4v) is 7.09. The van der Waals surface area contributed by atoms with Gasteiger partial charge in [0, 0.05) is 33.3 Å². The maximum Gasteiger partial charge on any atom is 0.185 e. The van der Waals surface area contributed by atoms with Crippen molar-refractivity contribution in [3.63, 3.8) is 0 Å². The van der Waals surface area contributed by atoms with E-state index in [1.165, 1.54) is 6.07 Å². The Morgan fingerprint density at radius 3 is 2.20 bits per heavy atom. The average molecular weight is 548 g/mol. The third kappa shape index (κ3) is 3.21. The van der Waals surface area contributed by atoms with Crippen LogP contribution in [-0.2, 0) is 0 Å². The monoisotopic (exact) mass is 547 g/mol. The highest BCUT2D eigenvalue weighted by atomic mass is 35.5. The number of hydrogen-bond acceptors (Lipinski definition) is 4. The zero-order valence-corrected chi connectivity index (χ0v) is 22.2. The van der Waals surface area contributed by atoms with Gasteiger partial charge in [-0.1, -0.05) is 96.0 Å². The number of nitrogens with zero attached hydrogens (tertiary/aromatic N) is 1. The summed E-state index contributed by atoms with van der Waals surface area (Å²) in [6.07, 6.45) is 3.64. The molecule has 6 heteroatoms. The van der Waals surface area contributed by atoms with Crippen molar-refractivity contribution < 1.29 is 18.8 Å². The van der Waals surface area contributed by atoms with Crippen LogP contribution in [0.4, 0.5) is 10.1 Å². The molecule has 1 spiro atoms. The number of carbonyl (C=O) groups excluding carboxylic acids is 3. The maximum atomic E-state index is 15.8. The molecule has 0 bridgehead atoms. The van der Waals surface area contributed by atoms with Crippen LogP contribution in [0.2, 0.25) is 5.02 Å². The van der Waals surface area contributed by atoms with Crippen molar-refractivity contribution in [1.29, 1.82) is 0 Å². The zero-order chi connectivity index (χ0) is 27.8. The van der Waals surface area contributed by atoms with Gasteiger partial charge >= 0.3 is 0 Å². The number of rotatable bonds is 3. The van der Waals surface area contributed by atoms with Gasteiger partial charge in [-0.05, 0) is 42.3 Å². The third-order valence-corrected chi connectivity index (χ3v) is 8.85. The van der Waals surface area contributed by atoms with Gasteiger partial charge < -0.3 is 4.90 Å². The van der Waals surface area contributed by atoms with Crippen LogP contribution in [0.5, 0.6) is 0 Å². The SMILES string of the molecule is Cc1ccc(C(=O)[C@@H]2[C@@H](c3ccccc3F)C3(C(=O)c4ccccc4C3=O)[C@@H]3C=Cc4cc(Cl)ccc4N23)cc1. The minimum Gasteiger partial charge on any atom is -0.352 e. The first-order chi connectivity index (χ1) is 19.3. The third-order valence-electron chi connectivity index (χ3n) is 8.61. The molecule has 40 heavy (non-hydrogen) atoms. The molecule has 4 nitrogen and oxygen atoms in total. The van der Waals surface area contributed by atoms with Crippen LogP contribution < -0.4 is 4.90 Å². The summed E-state index contributed by atoms with van der Waals surface area (Å²) in [6, 6.07) is 23.5. The van der Waals surface area contributed by atoms with Gasteiger partial charge in [0.25, 0.3) is 0 Å². The summed E-state index contributed by atoms with van der Waals surface area (Å²) in [4.78, 5) is 45.5. The van der Waals surface area contributed by atoms with Gasteiger partial charge in [-0.15, -0.1) is 0 Å². The lowest BCUT2D eigenvalue weighted by molar-refractivity contribution is 0.0664. The Bertz CT molecular complexity index is 1740. The molecule has 0 unspecified atom stereocenters. The van der Waals surface area contributed by atoms with Crippen molar-refractivity contribution in [1.82, 2.24) is 0 Å². The Morgan fingerprint density at radius 1 is 0.875 bits per heavy atom. The van der Waals surface area contributed by atoms with Gasteiger partial charge in [0.2, 0.25) is 0 Å². The Hall–Kier alpha value is -4.35. The number of Topliss-reactive ketones (excluding diaryl/α,β-unsaturated/α-hetero) is 3. The normalized spacial score (nSPS) is 21.9. The molecule has 4 aromatic carbocycles. The van der Waals surface area contributed by atoms with E-state index in [1.54, 1.807) is 78.9 Å². The summed E-state index contributed by atoms with van der Waals surface area (Å²) in [7, 11) is 0. The summed E-state index contributed by atoms with van der Waals surface area (Å²) < 4.78 is 15.8. The first kappa shape index (κ1) is 24.7. The van der Waals surface area contributed by atoms with E-state index in [1.807, 2.05) is 30.0 Å². The molecule has 4 aromatic rings. The van der Waals surface area contributed by atoms with Gasteiger partial charge in [0.05, 0.1) is 6.04 Å². The van der Waals surface area contributed by atoms with Crippen LogP contribution in [0.15, 0.2) is 97.1 Å². The van der Waals surface area contributed by atoms with Gasteiger partial charge in [0.1, 0.15) is 17.3 Å². The molecule has 0 saturated carbocycles. The fraction of sp³-hybridized carbons (Fsp3) is 0.147. The molecule has 196 valence electrons. The smallest absolute Gasteiger partial charge is 0.185 e. The van der Waals surface area contributed by atoms with E-state index in [2.05, 4.69) is 0 Å². The molecular formula is C34H23ClFNO3. The topological polar surface area (TPSA) is 54.5 Å². The highest BCUT2D eigenvalue weighted by Gasteiger charge is 2.71. The van der Waals surface area contributed by atoms with Crippen molar-refractivity contribution >= 4 is 40.7 Å². The van der Waals surface area contributed by atoms with E-state index in [9.17, 15) is 14.4 Å². The minimum absolute atomic E-state index is 0.167. The van der Waals surface area contributed by atoms with Crippen molar-refractivity contribution in [3.8, 4) is 0 Å². The predicted molar refractivity (Wildman–Crippen MR) is 153 cm³/mol. The Labute approximate surface area is 235 Å². The second kappa shape index (κ2) is 8.83. The number of halogens is 2. The molecule has 1 fully saturated rings. The van der Waals surface area contributed by atoms with Gasteiger partial charge in [-0.2, -0.15) is 0 Å². The number of hydrogen-bond donors (Lipinski definition) is 0. The Kier molecular flexibility index (Phi) is 5.45.